The molecule has 35 heavy (non-hydrogen) atoms. The van der Waals surface area contributed by atoms with Gasteiger partial charge in [-0.2, -0.15) is 18.4 Å². The minimum absolute atomic E-state index is 0.117. The molecule has 184 valence electrons. The van der Waals surface area contributed by atoms with Crippen LogP contribution in [0.1, 0.15) is 43.4 Å². The van der Waals surface area contributed by atoms with Crippen LogP contribution in [0.2, 0.25) is 0 Å². The van der Waals surface area contributed by atoms with Crippen LogP contribution in [0.25, 0.3) is 11.1 Å². The first-order valence-corrected chi connectivity index (χ1v) is 10.9. The van der Waals surface area contributed by atoms with Gasteiger partial charge in [0.25, 0.3) is 0 Å². The highest BCUT2D eigenvalue weighted by Crippen LogP contribution is 2.45. The van der Waals surface area contributed by atoms with E-state index in [1.807, 2.05) is 32.0 Å². The molecule has 8 heteroatoms. The normalized spacial score (nSPS) is 18.3. The van der Waals surface area contributed by atoms with E-state index in [9.17, 15) is 23.2 Å². The number of carbonyl (C=O) groups is 1. The van der Waals surface area contributed by atoms with Crippen molar-refractivity contribution in [2.75, 3.05) is 14.2 Å². The van der Waals surface area contributed by atoms with Crippen LogP contribution in [0, 0.1) is 11.3 Å². The summed E-state index contributed by atoms with van der Waals surface area (Å²) in [5.41, 5.74) is 5.99. The molecule has 5 nitrogen and oxygen atoms in total. The SMILES string of the molecule is COC1=CC=C(C(N)=O)CC1(OC)c1ccc(C(C)(C)CC#N)c(-c2ccc(C(F)(F)F)cc2)c1. The molecule has 0 bridgehead atoms. The van der Waals surface area contributed by atoms with Gasteiger partial charge in [0.1, 0.15) is 5.76 Å². The molecular formula is C27H27F3N2O3. The number of benzene rings is 2. The number of amides is 1. The van der Waals surface area contributed by atoms with Crippen LogP contribution in [0.4, 0.5) is 13.2 Å². The van der Waals surface area contributed by atoms with Crippen LogP contribution in [0.3, 0.4) is 0 Å². The number of ether oxygens (including phenoxy) is 2. The average Bonchev–Trinajstić information content (AvgIpc) is 2.82. The Balaban J connectivity index is 2.25. The molecule has 0 fully saturated rings. The van der Waals surface area contributed by atoms with Gasteiger partial charge < -0.3 is 15.2 Å². The topological polar surface area (TPSA) is 85.3 Å². The Morgan fingerprint density at radius 3 is 2.29 bits per heavy atom. The maximum Gasteiger partial charge on any atom is 0.416 e. The Morgan fingerprint density at radius 1 is 1.11 bits per heavy atom. The molecule has 2 aromatic carbocycles. The molecule has 1 aliphatic rings. The Labute approximate surface area is 202 Å². The van der Waals surface area contributed by atoms with Gasteiger partial charge >= 0.3 is 6.18 Å². The number of nitrogens with zero attached hydrogens (tertiary/aromatic N) is 1. The second kappa shape index (κ2) is 9.59. The first-order valence-electron chi connectivity index (χ1n) is 10.9. The van der Waals surface area contributed by atoms with Gasteiger partial charge in [-0.3, -0.25) is 4.79 Å². The van der Waals surface area contributed by atoms with Crippen molar-refractivity contribution >= 4 is 5.91 Å². The highest BCUT2D eigenvalue weighted by atomic mass is 19.4. The Morgan fingerprint density at radius 2 is 1.77 bits per heavy atom. The molecule has 3 rings (SSSR count). The molecule has 1 atom stereocenters. The van der Waals surface area contributed by atoms with Crippen molar-refractivity contribution in [3.63, 3.8) is 0 Å². The predicted octanol–water partition coefficient (Wildman–Crippen LogP) is 5.75. The van der Waals surface area contributed by atoms with E-state index >= 15 is 0 Å². The molecule has 1 aliphatic carbocycles. The highest BCUT2D eigenvalue weighted by Gasteiger charge is 2.42. The number of hydrogen-bond donors (Lipinski definition) is 1. The molecule has 0 spiro atoms. The smallest absolute Gasteiger partial charge is 0.416 e. The largest absolute Gasteiger partial charge is 0.498 e. The number of nitrogens with two attached hydrogens (primary N) is 1. The third kappa shape index (κ3) is 4.96. The molecule has 2 aromatic rings. The van der Waals surface area contributed by atoms with E-state index in [0.717, 1.165) is 17.7 Å². The molecule has 0 radical (unpaired) electrons. The average molecular weight is 485 g/mol. The highest BCUT2D eigenvalue weighted by molar-refractivity contribution is 5.93. The van der Waals surface area contributed by atoms with Crippen LogP contribution in [0.5, 0.6) is 0 Å². The molecule has 2 N–H and O–H groups in total. The van der Waals surface area contributed by atoms with Crippen molar-refractivity contribution in [1.29, 1.82) is 5.26 Å². The zero-order chi connectivity index (χ0) is 26.0. The number of allylic oxidation sites excluding steroid dienone is 2. The number of carbonyl (C=O) groups excluding carboxylic acids is 1. The summed E-state index contributed by atoms with van der Waals surface area (Å²) in [5.74, 6) is -0.139. The number of alkyl halides is 3. The zero-order valence-electron chi connectivity index (χ0n) is 20.0. The Bertz CT molecular complexity index is 1220. The summed E-state index contributed by atoms with van der Waals surface area (Å²) in [7, 11) is 2.98. The third-order valence-corrected chi connectivity index (χ3v) is 6.42. The van der Waals surface area contributed by atoms with Gasteiger partial charge in [0.2, 0.25) is 5.91 Å². The quantitative estimate of drug-likeness (QED) is 0.542. The number of rotatable bonds is 7. The van der Waals surface area contributed by atoms with Gasteiger partial charge in [0.15, 0.2) is 5.60 Å². The van der Waals surface area contributed by atoms with Crippen LogP contribution in [-0.2, 0) is 31.5 Å². The lowest BCUT2D eigenvalue weighted by atomic mass is 9.74. The predicted molar refractivity (Wildman–Crippen MR) is 126 cm³/mol. The lowest BCUT2D eigenvalue weighted by Crippen LogP contribution is -2.36. The minimum Gasteiger partial charge on any atom is -0.498 e. The van der Waals surface area contributed by atoms with Gasteiger partial charge in [-0.1, -0.05) is 38.1 Å². The lowest BCUT2D eigenvalue weighted by molar-refractivity contribution is -0.137. The molecular weight excluding hydrogens is 457 g/mol. The maximum atomic E-state index is 13.2. The molecule has 1 unspecified atom stereocenters. The number of hydrogen-bond acceptors (Lipinski definition) is 4. The summed E-state index contributed by atoms with van der Waals surface area (Å²) in [5, 5.41) is 9.37. The number of nitriles is 1. The summed E-state index contributed by atoms with van der Waals surface area (Å²) in [4.78, 5) is 11.9. The standard InChI is InChI=1S/C27H27F3N2O3/c1-25(2,13-14-31)22-11-10-20(15-21(22)17-5-8-19(9-6-17)27(28,29)30)26(35-4)16-18(24(32)33)7-12-23(26)34-3/h5-12,15H,13,16H2,1-4H3,(H2,32,33). The van der Waals surface area contributed by atoms with Gasteiger partial charge in [-0.15, -0.1) is 0 Å². The van der Waals surface area contributed by atoms with Crippen molar-refractivity contribution in [3.8, 4) is 17.2 Å². The van der Waals surface area contributed by atoms with Crippen molar-refractivity contribution in [3.05, 3.63) is 82.6 Å². The van der Waals surface area contributed by atoms with Gasteiger partial charge in [-0.25, -0.2) is 0 Å². The number of halogens is 3. The van der Waals surface area contributed by atoms with E-state index in [0.29, 0.717) is 28.0 Å². The molecule has 0 saturated heterocycles. The van der Waals surface area contributed by atoms with Crippen molar-refractivity contribution in [2.45, 2.75) is 43.9 Å². The zero-order valence-corrected chi connectivity index (χ0v) is 20.0. The third-order valence-electron chi connectivity index (χ3n) is 6.42. The van der Waals surface area contributed by atoms with Gasteiger partial charge in [0.05, 0.1) is 18.7 Å². The number of methoxy groups -OCH3 is 2. The van der Waals surface area contributed by atoms with Crippen molar-refractivity contribution in [1.82, 2.24) is 0 Å². The molecule has 0 saturated carbocycles. The molecule has 0 aliphatic heterocycles. The molecule has 0 heterocycles. The summed E-state index contributed by atoms with van der Waals surface area (Å²) < 4.78 is 51.0. The monoisotopic (exact) mass is 484 g/mol. The Hall–Kier alpha value is -3.57. The van der Waals surface area contributed by atoms with E-state index < -0.39 is 28.7 Å². The number of primary amides is 1. The second-order valence-electron chi connectivity index (χ2n) is 9.05. The van der Waals surface area contributed by atoms with E-state index in [1.54, 1.807) is 12.2 Å². The van der Waals surface area contributed by atoms with Crippen LogP contribution in [0.15, 0.2) is 65.9 Å². The summed E-state index contributed by atoms with van der Waals surface area (Å²) in [6.45, 7) is 3.81. The van der Waals surface area contributed by atoms with Crippen LogP contribution >= 0.6 is 0 Å². The Kier molecular flexibility index (Phi) is 7.13. The molecule has 0 aromatic heterocycles. The lowest BCUT2D eigenvalue weighted by Gasteiger charge is -2.37. The van der Waals surface area contributed by atoms with Gasteiger partial charge in [-0.05, 0) is 52.6 Å². The van der Waals surface area contributed by atoms with E-state index in [2.05, 4.69) is 6.07 Å². The summed E-state index contributed by atoms with van der Waals surface area (Å²) in [6, 6.07) is 12.6. The fraction of sp³-hybridized carbons (Fsp3) is 0.333. The van der Waals surface area contributed by atoms with Crippen LogP contribution in [-0.4, -0.2) is 20.1 Å². The molecule has 1 amide bonds. The summed E-state index contributed by atoms with van der Waals surface area (Å²) >= 11 is 0. The minimum atomic E-state index is -4.46. The van der Waals surface area contributed by atoms with E-state index in [4.69, 9.17) is 15.2 Å². The van der Waals surface area contributed by atoms with E-state index in [1.165, 1.54) is 26.4 Å². The van der Waals surface area contributed by atoms with Gasteiger partial charge in [0, 0.05) is 30.9 Å². The van der Waals surface area contributed by atoms with E-state index in [-0.39, 0.29) is 12.8 Å². The first kappa shape index (κ1) is 26.0. The van der Waals surface area contributed by atoms with Crippen molar-refractivity contribution in [2.24, 2.45) is 5.73 Å². The second-order valence-corrected chi connectivity index (χ2v) is 9.05. The fourth-order valence-corrected chi connectivity index (χ4v) is 4.42. The fourth-order valence-electron chi connectivity index (χ4n) is 4.42. The maximum absolute atomic E-state index is 13.2. The first-order chi connectivity index (χ1) is 16.4. The van der Waals surface area contributed by atoms with Crippen LogP contribution < -0.4 is 5.73 Å². The van der Waals surface area contributed by atoms with Crippen molar-refractivity contribution < 1.29 is 27.4 Å². The summed E-state index contributed by atoms with van der Waals surface area (Å²) in [6.07, 6.45) is -0.932.